The molecule has 0 spiro atoms. The molecule has 1 aromatic carbocycles. The fourth-order valence-corrected chi connectivity index (χ4v) is 0.746. The standard InChI is InChI=1S/C8H8N2/c9-5-7-1-2-8(6-10)4-3-7/h1-4H,5,9H2/p+1. The lowest BCUT2D eigenvalue weighted by Crippen LogP contribution is -2.47. The Morgan fingerprint density at radius 2 is 1.90 bits per heavy atom. The summed E-state index contributed by atoms with van der Waals surface area (Å²) >= 11 is 0. The van der Waals surface area contributed by atoms with Gasteiger partial charge in [0, 0.05) is 5.56 Å². The molecule has 2 heteroatoms. The SMILES string of the molecule is N#Cc1ccc(C[NH3+])cc1. The smallest absolute Gasteiger partial charge is 0.0997 e. The lowest BCUT2D eigenvalue weighted by molar-refractivity contribution is -0.386. The summed E-state index contributed by atoms with van der Waals surface area (Å²) in [5.41, 5.74) is 5.60. The first-order chi connectivity index (χ1) is 4.86. The number of hydrogen-bond acceptors (Lipinski definition) is 1. The van der Waals surface area contributed by atoms with E-state index in [1.165, 1.54) is 5.56 Å². The van der Waals surface area contributed by atoms with Gasteiger partial charge >= 0.3 is 0 Å². The second kappa shape index (κ2) is 3.00. The second-order valence-corrected chi connectivity index (χ2v) is 2.06. The second-order valence-electron chi connectivity index (χ2n) is 2.06. The van der Waals surface area contributed by atoms with Gasteiger partial charge in [0.1, 0.15) is 0 Å². The monoisotopic (exact) mass is 133 g/mol. The van der Waals surface area contributed by atoms with E-state index in [1.807, 2.05) is 12.1 Å². The van der Waals surface area contributed by atoms with Gasteiger partial charge < -0.3 is 5.73 Å². The molecule has 2 nitrogen and oxygen atoms in total. The van der Waals surface area contributed by atoms with Crippen molar-refractivity contribution >= 4 is 0 Å². The predicted molar refractivity (Wildman–Crippen MR) is 37.7 cm³/mol. The Bertz CT molecular complexity index is 243. The van der Waals surface area contributed by atoms with E-state index in [4.69, 9.17) is 5.26 Å². The molecule has 10 heavy (non-hydrogen) atoms. The molecule has 0 fully saturated rings. The van der Waals surface area contributed by atoms with Crippen LogP contribution in [0.2, 0.25) is 0 Å². The van der Waals surface area contributed by atoms with Gasteiger partial charge in [-0.2, -0.15) is 5.26 Å². The molecule has 3 N–H and O–H groups in total. The van der Waals surface area contributed by atoms with Crippen LogP contribution >= 0.6 is 0 Å². The first-order valence-electron chi connectivity index (χ1n) is 3.15. The summed E-state index contributed by atoms with van der Waals surface area (Å²) in [6.07, 6.45) is 0. The minimum Gasteiger partial charge on any atom is -0.354 e. The van der Waals surface area contributed by atoms with Crippen molar-refractivity contribution in [1.29, 1.82) is 5.26 Å². The Morgan fingerprint density at radius 1 is 1.30 bits per heavy atom. The highest BCUT2D eigenvalue weighted by atomic mass is 14.5. The fraction of sp³-hybridized carbons (Fsp3) is 0.125. The van der Waals surface area contributed by atoms with Gasteiger partial charge in [-0.05, 0) is 12.1 Å². The van der Waals surface area contributed by atoms with Crippen molar-refractivity contribution in [2.24, 2.45) is 0 Å². The third-order valence-corrected chi connectivity index (χ3v) is 1.37. The number of nitrogens with zero attached hydrogens (tertiary/aromatic N) is 1. The van der Waals surface area contributed by atoms with Gasteiger partial charge in [0.25, 0.3) is 0 Å². The summed E-state index contributed by atoms with van der Waals surface area (Å²) < 4.78 is 0. The number of hydrogen-bond donors (Lipinski definition) is 1. The normalized spacial score (nSPS) is 8.80. The van der Waals surface area contributed by atoms with Crippen molar-refractivity contribution in [1.82, 2.24) is 0 Å². The Kier molecular flexibility index (Phi) is 2.03. The molecule has 0 amide bonds. The molecule has 1 aromatic rings. The van der Waals surface area contributed by atoms with Crippen LogP contribution in [0.3, 0.4) is 0 Å². The predicted octanol–water partition coefficient (Wildman–Crippen LogP) is 0.300. The van der Waals surface area contributed by atoms with Gasteiger partial charge in [0.05, 0.1) is 18.2 Å². The van der Waals surface area contributed by atoms with Crippen LogP contribution < -0.4 is 5.73 Å². The van der Waals surface area contributed by atoms with Crippen molar-refractivity contribution < 1.29 is 5.73 Å². The molecule has 0 aromatic heterocycles. The Labute approximate surface area is 59.9 Å². The minimum atomic E-state index is 0.706. The molecule has 0 aliphatic carbocycles. The molecule has 0 saturated carbocycles. The summed E-state index contributed by atoms with van der Waals surface area (Å²) in [4.78, 5) is 0. The van der Waals surface area contributed by atoms with Gasteiger partial charge in [-0.3, -0.25) is 0 Å². The Balaban J connectivity index is 2.93. The Morgan fingerprint density at radius 3 is 2.30 bits per heavy atom. The van der Waals surface area contributed by atoms with Gasteiger partial charge in [-0.25, -0.2) is 0 Å². The highest BCUT2D eigenvalue weighted by Crippen LogP contribution is 2.00. The lowest BCUT2D eigenvalue weighted by Gasteiger charge is -1.91. The zero-order valence-electron chi connectivity index (χ0n) is 5.67. The van der Waals surface area contributed by atoms with Gasteiger partial charge in [0.15, 0.2) is 0 Å². The van der Waals surface area contributed by atoms with Gasteiger partial charge in [-0.15, -0.1) is 0 Å². The topological polar surface area (TPSA) is 51.4 Å². The number of benzene rings is 1. The average Bonchev–Trinajstić information content (AvgIpc) is 2.05. The number of rotatable bonds is 1. The molecule has 1 rings (SSSR count). The summed E-state index contributed by atoms with van der Waals surface area (Å²) in [6.45, 7) is 0.783. The summed E-state index contributed by atoms with van der Waals surface area (Å²) in [7, 11) is 0. The molecular weight excluding hydrogens is 124 g/mol. The zero-order chi connectivity index (χ0) is 7.40. The van der Waals surface area contributed by atoms with E-state index in [0.29, 0.717) is 5.56 Å². The van der Waals surface area contributed by atoms with Crippen molar-refractivity contribution in [3.63, 3.8) is 0 Å². The molecule has 0 aliphatic heterocycles. The molecular formula is C8H9N2+. The summed E-state index contributed by atoms with van der Waals surface area (Å²) in [5.74, 6) is 0. The number of nitriles is 1. The molecule has 50 valence electrons. The fourth-order valence-electron chi connectivity index (χ4n) is 0.746. The van der Waals surface area contributed by atoms with Crippen molar-refractivity contribution in [2.45, 2.75) is 6.54 Å². The van der Waals surface area contributed by atoms with Crippen LogP contribution in [-0.4, -0.2) is 0 Å². The summed E-state index contributed by atoms with van der Waals surface area (Å²) in [5, 5.41) is 8.44. The van der Waals surface area contributed by atoms with E-state index in [-0.39, 0.29) is 0 Å². The van der Waals surface area contributed by atoms with Crippen LogP contribution in [0.25, 0.3) is 0 Å². The third kappa shape index (κ3) is 1.34. The van der Waals surface area contributed by atoms with Crippen LogP contribution in [0.1, 0.15) is 11.1 Å². The lowest BCUT2D eigenvalue weighted by atomic mass is 10.1. The first kappa shape index (κ1) is 6.79. The highest BCUT2D eigenvalue weighted by Gasteiger charge is 1.90. The van der Waals surface area contributed by atoms with Crippen LogP contribution in [0.5, 0.6) is 0 Å². The van der Waals surface area contributed by atoms with Crippen LogP contribution in [0.15, 0.2) is 24.3 Å². The zero-order valence-corrected chi connectivity index (χ0v) is 5.67. The summed E-state index contributed by atoms with van der Waals surface area (Å²) in [6, 6.07) is 9.51. The maximum absolute atomic E-state index is 8.44. The van der Waals surface area contributed by atoms with E-state index < -0.39 is 0 Å². The maximum atomic E-state index is 8.44. The van der Waals surface area contributed by atoms with Crippen LogP contribution in [0.4, 0.5) is 0 Å². The molecule has 0 aliphatic rings. The highest BCUT2D eigenvalue weighted by molar-refractivity contribution is 5.31. The van der Waals surface area contributed by atoms with Crippen LogP contribution in [0, 0.1) is 11.3 Å². The maximum Gasteiger partial charge on any atom is 0.0997 e. The van der Waals surface area contributed by atoms with Gasteiger partial charge in [0.2, 0.25) is 0 Å². The van der Waals surface area contributed by atoms with E-state index >= 15 is 0 Å². The van der Waals surface area contributed by atoms with Crippen LogP contribution in [-0.2, 0) is 6.54 Å². The Hall–Kier alpha value is -1.33. The molecule has 0 unspecified atom stereocenters. The first-order valence-corrected chi connectivity index (χ1v) is 3.15. The molecule has 0 heterocycles. The molecule has 0 radical (unpaired) electrons. The van der Waals surface area contributed by atoms with Crippen molar-refractivity contribution in [3.05, 3.63) is 35.4 Å². The van der Waals surface area contributed by atoms with E-state index in [1.54, 1.807) is 12.1 Å². The molecule has 0 atom stereocenters. The quantitative estimate of drug-likeness (QED) is 0.588. The minimum absolute atomic E-state index is 0.706. The van der Waals surface area contributed by atoms with Crippen molar-refractivity contribution in [2.75, 3.05) is 0 Å². The largest absolute Gasteiger partial charge is 0.354 e. The van der Waals surface area contributed by atoms with Gasteiger partial charge in [-0.1, -0.05) is 12.1 Å². The number of quaternary nitrogens is 1. The molecule has 0 bridgehead atoms. The van der Waals surface area contributed by atoms with E-state index in [2.05, 4.69) is 11.8 Å². The van der Waals surface area contributed by atoms with E-state index in [0.717, 1.165) is 6.54 Å². The average molecular weight is 133 g/mol. The third-order valence-electron chi connectivity index (χ3n) is 1.37. The van der Waals surface area contributed by atoms with Crippen molar-refractivity contribution in [3.8, 4) is 6.07 Å². The molecule has 0 saturated heterocycles. The van der Waals surface area contributed by atoms with E-state index in [9.17, 15) is 0 Å².